The third kappa shape index (κ3) is 4.20. The number of ether oxygens (including phenoxy) is 1. The van der Waals surface area contributed by atoms with Crippen LogP contribution in [-0.4, -0.2) is 42.6 Å². The average molecular weight is 308 g/mol. The Morgan fingerprint density at radius 3 is 2.43 bits per heavy atom. The molecule has 0 bridgehead atoms. The van der Waals surface area contributed by atoms with Crippen molar-refractivity contribution in [1.82, 2.24) is 5.32 Å². The summed E-state index contributed by atoms with van der Waals surface area (Å²) in [5.74, 6) is -2.84. The van der Waals surface area contributed by atoms with Crippen molar-refractivity contribution in [3.63, 3.8) is 0 Å². The maximum Gasteiger partial charge on any atom is 0.431 e. The Morgan fingerprint density at radius 1 is 1.38 bits per heavy atom. The summed E-state index contributed by atoms with van der Waals surface area (Å²) in [6.45, 7) is 0. The van der Waals surface area contributed by atoms with E-state index in [1.54, 1.807) is 0 Å². The number of nitrogens with one attached hydrogen (secondary N) is 2. The Morgan fingerprint density at radius 2 is 2.00 bits per heavy atom. The van der Waals surface area contributed by atoms with Crippen molar-refractivity contribution in [2.75, 3.05) is 7.11 Å². The average Bonchev–Trinajstić information content (AvgIpc) is 2.84. The van der Waals surface area contributed by atoms with Gasteiger partial charge in [-0.3, -0.25) is 4.79 Å². The van der Waals surface area contributed by atoms with Crippen LogP contribution in [0.4, 0.5) is 13.2 Å². The largest absolute Gasteiger partial charge is 0.478 e. The first kappa shape index (κ1) is 17.0. The van der Waals surface area contributed by atoms with Gasteiger partial charge in [-0.05, 0) is 19.3 Å². The fourth-order valence-corrected chi connectivity index (χ4v) is 2.25. The van der Waals surface area contributed by atoms with Crippen LogP contribution >= 0.6 is 0 Å². The monoisotopic (exact) mass is 308 g/mol. The molecular weight excluding hydrogens is 293 g/mol. The van der Waals surface area contributed by atoms with Crippen LogP contribution in [0.15, 0.2) is 11.3 Å². The van der Waals surface area contributed by atoms with Gasteiger partial charge in [0.15, 0.2) is 0 Å². The Labute approximate surface area is 118 Å². The van der Waals surface area contributed by atoms with Crippen LogP contribution < -0.4 is 5.32 Å². The van der Waals surface area contributed by atoms with Crippen molar-refractivity contribution in [2.24, 2.45) is 5.92 Å². The van der Waals surface area contributed by atoms with Crippen LogP contribution in [-0.2, 0) is 14.3 Å². The number of hydrogen-bond acceptors (Lipinski definition) is 5. The Balaban J connectivity index is 2.93. The topological polar surface area (TPSA) is 99.5 Å². The molecule has 0 heterocycles. The number of allylic oxidation sites excluding steroid dienone is 1. The van der Waals surface area contributed by atoms with E-state index in [4.69, 9.17) is 10.5 Å². The van der Waals surface area contributed by atoms with Crippen LogP contribution in [0.3, 0.4) is 0 Å². The van der Waals surface area contributed by atoms with Crippen LogP contribution in [0, 0.1) is 11.3 Å². The van der Waals surface area contributed by atoms with Crippen molar-refractivity contribution >= 4 is 18.2 Å². The quantitative estimate of drug-likeness (QED) is 0.406. The van der Waals surface area contributed by atoms with Crippen molar-refractivity contribution in [2.45, 2.75) is 31.5 Å². The van der Waals surface area contributed by atoms with E-state index in [0.29, 0.717) is 6.42 Å². The minimum absolute atomic E-state index is 0.122. The van der Waals surface area contributed by atoms with E-state index >= 15 is 0 Å². The highest BCUT2D eigenvalue weighted by atomic mass is 19.4. The highest BCUT2D eigenvalue weighted by Crippen LogP contribution is 2.31. The lowest BCUT2D eigenvalue weighted by molar-refractivity contribution is -0.145. The Kier molecular flexibility index (Phi) is 5.34. The molecule has 1 saturated carbocycles. The standard InChI is InChI=1S/C12H15F3N2O4/c1-21-11(20)6-2-3-7(4-6)17-9(12(13,14)15)8(5-16)10(18)19/h5-7,16-17H,2-4H2,1H3,(H,18,19)/b9-8+,16-5?/t6-,7-/m1/s1. The van der Waals surface area contributed by atoms with E-state index in [0.717, 1.165) is 0 Å². The second-order valence-electron chi connectivity index (χ2n) is 4.61. The fraction of sp³-hybridized carbons (Fsp3) is 0.583. The molecule has 2 atom stereocenters. The molecule has 3 N–H and O–H groups in total. The molecular formula is C12H15F3N2O4. The molecule has 0 saturated heterocycles. The first-order chi connectivity index (χ1) is 9.70. The van der Waals surface area contributed by atoms with Gasteiger partial charge >= 0.3 is 18.1 Å². The van der Waals surface area contributed by atoms with Crippen molar-refractivity contribution in [1.29, 1.82) is 5.41 Å². The molecule has 1 fully saturated rings. The van der Waals surface area contributed by atoms with Crippen LogP contribution in [0.5, 0.6) is 0 Å². The van der Waals surface area contributed by atoms with E-state index < -0.39 is 41.3 Å². The number of carboxylic acids is 1. The first-order valence-electron chi connectivity index (χ1n) is 6.10. The van der Waals surface area contributed by atoms with E-state index in [2.05, 4.69) is 10.1 Å². The lowest BCUT2D eigenvalue weighted by Gasteiger charge is -2.20. The molecule has 1 rings (SSSR count). The van der Waals surface area contributed by atoms with Gasteiger partial charge < -0.3 is 20.6 Å². The summed E-state index contributed by atoms with van der Waals surface area (Å²) in [7, 11) is 1.20. The van der Waals surface area contributed by atoms with Crippen LogP contribution in [0.2, 0.25) is 0 Å². The predicted molar refractivity (Wildman–Crippen MR) is 65.8 cm³/mol. The number of carboxylic acid groups (broad SMARTS) is 1. The fourth-order valence-electron chi connectivity index (χ4n) is 2.25. The molecule has 1 aliphatic rings. The predicted octanol–water partition coefficient (Wildman–Crippen LogP) is 1.47. The van der Waals surface area contributed by atoms with Crippen molar-refractivity contribution in [3.05, 3.63) is 11.3 Å². The first-order valence-corrected chi connectivity index (χ1v) is 6.10. The van der Waals surface area contributed by atoms with Gasteiger partial charge in [0.1, 0.15) is 11.3 Å². The molecule has 1 aliphatic carbocycles. The molecule has 118 valence electrons. The Bertz CT molecular complexity index is 474. The van der Waals surface area contributed by atoms with Gasteiger partial charge in [-0.2, -0.15) is 13.2 Å². The van der Waals surface area contributed by atoms with Gasteiger partial charge in [0.2, 0.25) is 0 Å². The molecule has 0 aromatic carbocycles. The van der Waals surface area contributed by atoms with Crippen molar-refractivity contribution in [3.8, 4) is 0 Å². The molecule has 0 aromatic heterocycles. The number of carbonyl (C=O) groups excluding carboxylic acids is 1. The molecule has 9 heteroatoms. The van der Waals surface area contributed by atoms with E-state index in [1.165, 1.54) is 7.11 Å². The third-order valence-electron chi connectivity index (χ3n) is 3.24. The minimum atomic E-state index is -4.92. The molecule has 0 aromatic rings. The number of carbonyl (C=O) groups is 2. The van der Waals surface area contributed by atoms with E-state index in [-0.39, 0.29) is 19.1 Å². The number of halogens is 3. The molecule has 0 spiro atoms. The smallest absolute Gasteiger partial charge is 0.431 e. The summed E-state index contributed by atoms with van der Waals surface area (Å²) >= 11 is 0. The van der Waals surface area contributed by atoms with Gasteiger partial charge in [-0.1, -0.05) is 0 Å². The maximum atomic E-state index is 12.9. The molecule has 0 unspecified atom stereocenters. The Hall–Kier alpha value is -2.06. The highest BCUT2D eigenvalue weighted by Gasteiger charge is 2.41. The summed E-state index contributed by atoms with van der Waals surface area (Å²) in [5, 5.41) is 17.7. The van der Waals surface area contributed by atoms with Gasteiger partial charge in [-0.25, -0.2) is 4.79 Å². The molecule has 0 aliphatic heterocycles. The summed E-state index contributed by atoms with van der Waals surface area (Å²) in [4.78, 5) is 22.1. The molecule has 0 amide bonds. The normalized spacial score (nSPS) is 23.2. The minimum Gasteiger partial charge on any atom is -0.478 e. The van der Waals surface area contributed by atoms with Gasteiger partial charge in [-0.15, -0.1) is 0 Å². The van der Waals surface area contributed by atoms with Crippen molar-refractivity contribution < 1.29 is 32.6 Å². The van der Waals surface area contributed by atoms with E-state index in [1.807, 2.05) is 0 Å². The second kappa shape index (κ2) is 6.59. The summed E-state index contributed by atoms with van der Waals surface area (Å²) in [5.41, 5.74) is -2.63. The van der Waals surface area contributed by atoms with Crippen LogP contribution in [0.1, 0.15) is 19.3 Å². The number of methoxy groups -OCH3 is 1. The molecule has 6 nitrogen and oxygen atoms in total. The number of aliphatic carboxylic acids is 1. The molecule has 21 heavy (non-hydrogen) atoms. The van der Waals surface area contributed by atoms with Crippen LogP contribution in [0.25, 0.3) is 0 Å². The number of alkyl halides is 3. The summed E-state index contributed by atoms with van der Waals surface area (Å²) in [6, 6.07) is -0.694. The zero-order valence-electron chi connectivity index (χ0n) is 11.2. The van der Waals surface area contributed by atoms with Gasteiger partial charge in [0.05, 0.1) is 13.0 Å². The lowest BCUT2D eigenvalue weighted by Crippen LogP contribution is -2.36. The van der Waals surface area contributed by atoms with E-state index in [9.17, 15) is 22.8 Å². The SMILES string of the molecule is COC(=O)[C@@H]1CC[C@@H](N/C(=C(\C=N)C(=O)O)C(F)(F)F)C1. The maximum absolute atomic E-state index is 12.9. The number of hydrogen-bond donors (Lipinski definition) is 3. The number of rotatable bonds is 5. The number of esters is 1. The highest BCUT2D eigenvalue weighted by molar-refractivity contribution is 6.08. The van der Waals surface area contributed by atoms with Gasteiger partial charge in [0, 0.05) is 12.3 Å². The molecule has 0 radical (unpaired) electrons. The summed E-state index contributed by atoms with van der Waals surface area (Å²) in [6.07, 6.45) is -4.01. The zero-order chi connectivity index (χ0) is 16.2. The summed E-state index contributed by atoms with van der Waals surface area (Å²) < 4.78 is 43.3. The second-order valence-corrected chi connectivity index (χ2v) is 4.61. The van der Waals surface area contributed by atoms with Gasteiger partial charge in [0.25, 0.3) is 0 Å². The lowest BCUT2D eigenvalue weighted by atomic mass is 10.1. The zero-order valence-corrected chi connectivity index (χ0v) is 11.2. The third-order valence-corrected chi connectivity index (χ3v) is 3.24.